The average molecular weight is 120 g/mol. The summed E-state index contributed by atoms with van der Waals surface area (Å²) in [6.45, 7) is 0. The van der Waals surface area contributed by atoms with E-state index >= 15 is 0 Å². The minimum atomic E-state index is 1.39. The van der Waals surface area contributed by atoms with Gasteiger partial charge < -0.3 is 0 Å². The van der Waals surface area contributed by atoms with Gasteiger partial charge in [0.25, 0.3) is 0 Å². The molecule has 0 amide bonds. The maximum Gasteiger partial charge on any atom is 0.0230 e. The molecule has 0 aliphatic rings. The molecule has 0 unspecified atom stereocenters. The highest BCUT2D eigenvalue weighted by atomic mass is 32.5. The second-order valence-electron chi connectivity index (χ2n) is 0.581. The van der Waals surface area contributed by atoms with Crippen LogP contribution >= 0.6 is 26.5 Å². The van der Waals surface area contributed by atoms with Crippen LogP contribution in [-0.4, -0.2) is 0 Å². The summed E-state index contributed by atoms with van der Waals surface area (Å²) in [5.74, 6) is 0. The molecule has 0 aliphatic heterocycles. The van der Waals surface area contributed by atoms with Gasteiger partial charge in [-0.1, -0.05) is 8.19 Å². The molecule has 0 aromatic carbocycles. The lowest BCUT2D eigenvalue weighted by atomic mass is 11.9. The highest BCUT2D eigenvalue weighted by Gasteiger charge is 1.61. The van der Waals surface area contributed by atoms with Crippen LogP contribution < -0.4 is 0 Å². The van der Waals surface area contributed by atoms with Gasteiger partial charge in [0.15, 0.2) is 0 Å². The molecular formula is C2H2P2S. The van der Waals surface area contributed by atoms with E-state index in [-0.39, 0.29) is 0 Å². The number of hydrogen-bond donors (Lipinski definition) is 0. The largest absolute Gasteiger partial charge is 0.116 e. The lowest BCUT2D eigenvalue weighted by Crippen LogP contribution is -0.886. The molecule has 0 radical (unpaired) electrons. The first-order chi connectivity index (χ1) is 2.50. The Bertz CT molecular complexity index is 64.1. The SMILES string of the molecule is c1pcsp1. The van der Waals surface area contributed by atoms with Gasteiger partial charge in [-0.15, -0.1) is 10.9 Å². The van der Waals surface area contributed by atoms with E-state index in [1.54, 1.807) is 0 Å². The first-order valence-electron chi connectivity index (χ1n) is 1.19. The molecule has 26 valence electrons. The van der Waals surface area contributed by atoms with E-state index in [9.17, 15) is 0 Å². The van der Waals surface area contributed by atoms with Crippen molar-refractivity contribution in [2.24, 2.45) is 0 Å². The topological polar surface area (TPSA) is 0 Å². The minimum Gasteiger partial charge on any atom is -0.116 e. The van der Waals surface area contributed by atoms with E-state index < -0.39 is 0 Å². The molecule has 1 heterocycles. The Morgan fingerprint density at radius 3 is 2.80 bits per heavy atom. The van der Waals surface area contributed by atoms with Gasteiger partial charge in [-0.3, -0.25) is 0 Å². The van der Waals surface area contributed by atoms with Crippen LogP contribution in [0.1, 0.15) is 0 Å². The summed E-state index contributed by atoms with van der Waals surface area (Å²) in [7, 11) is 4.66. The monoisotopic (exact) mass is 120 g/mol. The third-order valence-corrected chi connectivity index (χ3v) is 4.24. The highest BCUT2D eigenvalue weighted by molar-refractivity contribution is 7.85. The lowest BCUT2D eigenvalue weighted by molar-refractivity contribution is 2.88. The molecule has 0 aliphatic carbocycles. The normalized spacial score (nSPS) is 11.2. The lowest BCUT2D eigenvalue weighted by Gasteiger charge is -1.37. The summed E-state index contributed by atoms with van der Waals surface area (Å²) >= 11 is 0. The second kappa shape index (κ2) is 1.87. The van der Waals surface area contributed by atoms with Crippen molar-refractivity contribution in [3.8, 4) is 0 Å². The van der Waals surface area contributed by atoms with Crippen LogP contribution in [0.4, 0.5) is 0 Å². The van der Waals surface area contributed by atoms with Gasteiger partial charge in [0.05, 0.1) is 0 Å². The predicted molar refractivity (Wildman–Crippen MR) is 29.3 cm³/mol. The molecule has 0 nitrogen and oxygen atoms in total. The van der Waals surface area contributed by atoms with E-state index in [0.29, 0.717) is 0 Å². The van der Waals surface area contributed by atoms with Crippen molar-refractivity contribution < 1.29 is 0 Å². The molecule has 0 spiro atoms. The van der Waals surface area contributed by atoms with Crippen LogP contribution in [0.15, 0.2) is 10.6 Å². The minimum absolute atomic E-state index is 1.39. The Labute approximate surface area is 37.8 Å². The van der Waals surface area contributed by atoms with Crippen molar-refractivity contribution >= 4 is 26.5 Å². The Morgan fingerprint density at radius 2 is 2.60 bits per heavy atom. The quantitative estimate of drug-likeness (QED) is 0.493. The molecule has 0 saturated carbocycles. The van der Waals surface area contributed by atoms with Crippen LogP contribution in [-0.2, 0) is 0 Å². The summed E-state index contributed by atoms with van der Waals surface area (Å²) in [6, 6.07) is 0. The van der Waals surface area contributed by atoms with Crippen molar-refractivity contribution in [2.75, 3.05) is 0 Å². The molecule has 1 aromatic heterocycles. The van der Waals surface area contributed by atoms with Crippen LogP contribution in [0.3, 0.4) is 0 Å². The molecule has 0 fully saturated rings. The third-order valence-electron chi connectivity index (χ3n) is 0.283. The first-order valence-corrected chi connectivity index (χ1v) is 4.67. The maximum atomic E-state index is 2.21. The molecule has 0 saturated heterocycles. The molecule has 3 heteroatoms. The average Bonchev–Trinajstić information content (AvgIpc) is 1.76. The summed E-state index contributed by atoms with van der Waals surface area (Å²) in [5, 5.41) is 2.18. The fourth-order valence-electron chi connectivity index (χ4n) is 0.136. The Kier molecular flexibility index (Phi) is 1.40. The zero-order valence-corrected chi connectivity index (χ0v) is 5.06. The van der Waals surface area contributed by atoms with Crippen LogP contribution in [0.25, 0.3) is 0 Å². The zero-order valence-electron chi connectivity index (χ0n) is 2.46. The van der Waals surface area contributed by atoms with E-state index in [1.807, 2.05) is 10.9 Å². The van der Waals surface area contributed by atoms with Gasteiger partial charge in [-0.2, -0.15) is 0 Å². The summed E-state index contributed by atoms with van der Waals surface area (Å²) < 4.78 is 0. The van der Waals surface area contributed by atoms with E-state index in [4.69, 9.17) is 0 Å². The smallest absolute Gasteiger partial charge is 0.0230 e. The van der Waals surface area contributed by atoms with Crippen molar-refractivity contribution in [1.29, 1.82) is 0 Å². The fourth-order valence-corrected chi connectivity index (χ4v) is 3.67. The molecular weight excluding hydrogens is 118 g/mol. The van der Waals surface area contributed by atoms with E-state index in [2.05, 4.69) is 10.6 Å². The summed E-state index contributed by atoms with van der Waals surface area (Å²) in [6.07, 6.45) is 0. The van der Waals surface area contributed by atoms with Crippen LogP contribution in [0.5, 0.6) is 0 Å². The number of rotatable bonds is 0. The predicted octanol–water partition coefficient (Wildman–Crippen LogP) is 2.91. The van der Waals surface area contributed by atoms with Crippen LogP contribution in [0.2, 0.25) is 0 Å². The second-order valence-corrected chi connectivity index (χ2v) is 4.33. The molecule has 1 aromatic rings. The first kappa shape index (κ1) is 3.74. The van der Waals surface area contributed by atoms with Gasteiger partial charge in [0.1, 0.15) is 0 Å². The zero-order chi connectivity index (χ0) is 3.54. The molecule has 1 rings (SSSR count). The third kappa shape index (κ3) is 0.967. The Balaban J connectivity index is 3.13. The van der Waals surface area contributed by atoms with Crippen molar-refractivity contribution in [1.82, 2.24) is 0 Å². The maximum absolute atomic E-state index is 2.21. The number of hydrogen-bond acceptors (Lipinski definition) is 1. The Morgan fingerprint density at radius 1 is 1.60 bits per heavy atom. The van der Waals surface area contributed by atoms with Crippen LogP contribution in [0, 0.1) is 0 Å². The van der Waals surface area contributed by atoms with Crippen molar-refractivity contribution in [3.63, 3.8) is 0 Å². The fraction of sp³-hybridized carbons (Fsp3) is 0. The standard InChI is InChI=1S/C2H2P2S/c1-3-2-5-4-1/h1-2H. The summed E-state index contributed by atoms with van der Waals surface area (Å²) in [4.78, 5) is 0. The van der Waals surface area contributed by atoms with Crippen molar-refractivity contribution in [3.05, 3.63) is 10.6 Å². The molecule has 0 atom stereocenters. The van der Waals surface area contributed by atoms with E-state index in [1.165, 1.54) is 15.6 Å². The molecule has 0 N–H and O–H groups in total. The van der Waals surface area contributed by atoms with Gasteiger partial charge in [-0.25, -0.2) is 0 Å². The van der Waals surface area contributed by atoms with Gasteiger partial charge in [0, 0.05) is 10.6 Å². The van der Waals surface area contributed by atoms with Gasteiger partial charge >= 0.3 is 0 Å². The van der Waals surface area contributed by atoms with E-state index in [0.717, 1.165) is 0 Å². The highest BCUT2D eigenvalue weighted by Crippen LogP contribution is 2.20. The van der Waals surface area contributed by atoms with Gasteiger partial charge in [0.2, 0.25) is 0 Å². The summed E-state index contributed by atoms with van der Waals surface area (Å²) in [5.41, 5.74) is 2.21. The molecule has 5 heavy (non-hydrogen) atoms. The Hall–Kier alpha value is 0.560. The van der Waals surface area contributed by atoms with Crippen molar-refractivity contribution in [2.45, 2.75) is 0 Å². The molecule has 0 bridgehead atoms. The van der Waals surface area contributed by atoms with Gasteiger partial charge in [-0.05, 0) is 7.37 Å².